The van der Waals surface area contributed by atoms with Gasteiger partial charge < -0.3 is 14.8 Å². The summed E-state index contributed by atoms with van der Waals surface area (Å²) in [6.07, 6.45) is -4.51. The Morgan fingerprint density at radius 2 is 1.68 bits per heavy atom. The summed E-state index contributed by atoms with van der Waals surface area (Å²) in [6.45, 7) is 2.87. The van der Waals surface area contributed by atoms with E-state index in [-0.39, 0.29) is 29.9 Å². The van der Waals surface area contributed by atoms with E-state index >= 15 is 0 Å². The van der Waals surface area contributed by atoms with Crippen molar-refractivity contribution in [2.24, 2.45) is 0 Å². The number of fused-ring (bicyclic) bond motifs is 1. The largest absolute Gasteiger partial charge is 0.460 e. The van der Waals surface area contributed by atoms with Gasteiger partial charge in [-0.2, -0.15) is 18.2 Å². The summed E-state index contributed by atoms with van der Waals surface area (Å²) in [4.78, 5) is 17.4. The van der Waals surface area contributed by atoms with Crippen LogP contribution < -0.4 is 10.1 Å². The fraction of sp³-hybridized carbons (Fsp3) is 0.167. The zero-order valence-electron chi connectivity index (χ0n) is 21.5. The summed E-state index contributed by atoms with van der Waals surface area (Å²) in [5.74, 6) is -0.0926. The first kappa shape index (κ1) is 26.9. The van der Waals surface area contributed by atoms with Crippen molar-refractivity contribution in [1.29, 1.82) is 0 Å². The summed E-state index contributed by atoms with van der Waals surface area (Å²) in [5.41, 5.74) is 1.01. The molecule has 5 aromatic rings. The molecule has 40 heavy (non-hydrogen) atoms. The number of carbonyl (C=O) groups is 1. The minimum absolute atomic E-state index is 0.000417. The van der Waals surface area contributed by atoms with Crippen LogP contribution in [-0.4, -0.2) is 40.5 Å². The summed E-state index contributed by atoms with van der Waals surface area (Å²) in [5, 5.41) is 9.07. The van der Waals surface area contributed by atoms with E-state index in [1.165, 1.54) is 16.8 Å². The number of alkyl halides is 3. The maximum absolute atomic E-state index is 13.4. The minimum atomic E-state index is -4.51. The highest BCUT2D eigenvalue weighted by molar-refractivity contribution is 6.12. The quantitative estimate of drug-likeness (QED) is 0.206. The Labute approximate surface area is 228 Å². The maximum atomic E-state index is 13.4. The molecular weight excluding hydrogens is 521 g/mol. The van der Waals surface area contributed by atoms with Crippen LogP contribution in [0, 0.1) is 0 Å². The Balaban J connectivity index is 1.43. The standard InChI is InChI=1S/C30H25F3N4O3/c1-2-39-17-18-40-29-35-27(21-9-5-10-22(19-21)30(31,32)33)37(36-29)24-15-13-23(14-16-24)34-28(38)26-12-6-8-20-7-3-4-11-25(20)26/h3-16,19H,2,17-18H2,1H3,(H,34,38). The molecule has 1 amide bonds. The van der Waals surface area contributed by atoms with Gasteiger partial charge in [-0.05, 0) is 60.2 Å². The Bertz CT molecular complexity index is 1630. The Hall–Kier alpha value is -4.70. The fourth-order valence-corrected chi connectivity index (χ4v) is 4.20. The van der Waals surface area contributed by atoms with Crippen molar-refractivity contribution in [1.82, 2.24) is 14.8 Å². The Morgan fingerprint density at radius 1 is 0.925 bits per heavy atom. The summed E-state index contributed by atoms with van der Waals surface area (Å²) in [6, 6.07) is 24.8. The average Bonchev–Trinajstić information content (AvgIpc) is 3.39. The van der Waals surface area contributed by atoms with Crippen molar-refractivity contribution in [3.8, 4) is 23.1 Å². The predicted molar refractivity (Wildman–Crippen MR) is 146 cm³/mol. The van der Waals surface area contributed by atoms with Crippen molar-refractivity contribution in [2.45, 2.75) is 13.1 Å². The second-order valence-corrected chi connectivity index (χ2v) is 8.78. The zero-order valence-corrected chi connectivity index (χ0v) is 21.5. The molecule has 0 fully saturated rings. The van der Waals surface area contributed by atoms with Gasteiger partial charge in [-0.3, -0.25) is 4.79 Å². The van der Waals surface area contributed by atoms with Gasteiger partial charge in [0.05, 0.1) is 17.9 Å². The topological polar surface area (TPSA) is 78.3 Å². The number of benzene rings is 4. The van der Waals surface area contributed by atoms with Gasteiger partial charge in [0, 0.05) is 23.4 Å². The van der Waals surface area contributed by atoms with Gasteiger partial charge in [0.2, 0.25) is 0 Å². The molecular formula is C30H25F3N4O3. The van der Waals surface area contributed by atoms with Crippen molar-refractivity contribution in [3.05, 3.63) is 102 Å². The number of hydrogen-bond acceptors (Lipinski definition) is 5. The summed E-state index contributed by atoms with van der Waals surface area (Å²) in [7, 11) is 0. The van der Waals surface area contributed by atoms with Crippen LogP contribution in [0.15, 0.2) is 91.0 Å². The fourth-order valence-electron chi connectivity index (χ4n) is 4.20. The van der Waals surface area contributed by atoms with E-state index in [1.54, 1.807) is 30.3 Å². The first-order valence-electron chi connectivity index (χ1n) is 12.6. The molecule has 0 aliphatic carbocycles. The van der Waals surface area contributed by atoms with Crippen LogP contribution in [0.5, 0.6) is 6.01 Å². The number of rotatable bonds is 9. The van der Waals surface area contributed by atoms with Gasteiger partial charge in [-0.25, -0.2) is 4.68 Å². The highest BCUT2D eigenvalue weighted by Gasteiger charge is 2.31. The smallest absolute Gasteiger partial charge is 0.416 e. The molecule has 0 spiro atoms. The van der Waals surface area contributed by atoms with E-state index in [9.17, 15) is 18.0 Å². The molecule has 1 aromatic heterocycles. The molecule has 0 bridgehead atoms. The monoisotopic (exact) mass is 546 g/mol. The number of amides is 1. The van der Waals surface area contributed by atoms with E-state index in [0.717, 1.165) is 22.9 Å². The third-order valence-electron chi connectivity index (χ3n) is 6.10. The molecule has 7 nitrogen and oxygen atoms in total. The normalized spacial score (nSPS) is 11.5. The maximum Gasteiger partial charge on any atom is 0.416 e. The lowest BCUT2D eigenvalue weighted by Crippen LogP contribution is -2.12. The molecule has 1 N–H and O–H groups in total. The van der Waals surface area contributed by atoms with Crippen LogP contribution in [0.4, 0.5) is 18.9 Å². The van der Waals surface area contributed by atoms with Gasteiger partial charge in [0.1, 0.15) is 6.61 Å². The molecule has 0 atom stereocenters. The first-order chi connectivity index (χ1) is 19.3. The molecule has 1 heterocycles. The van der Waals surface area contributed by atoms with Crippen LogP contribution in [0.2, 0.25) is 0 Å². The van der Waals surface area contributed by atoms with Crippen LogP contribution in [0.3, 0.4) is 0 Å². The number of halogens is 3. The molecule has 0 unspecified atom stereocenters. The van der Waals surface area contributed by atoms with Crippen LogP contribution in [0.25, 0.3) is 27.8 Å². The van der Waals surface area contributed by atoms with Gasteiger partial charge in [0.15, 0.2) is 5.82 Å². The van der Waals surface area contributed by atoms with Gasteiger partial charge in [-0.1, -0.05) is 48.5 Å². The Kier molecular flexibility index (Phi) is 7.79. The number of aromatic nitrogens is 3. The lowest BCUT2D eigenvalue weighted by Gasteiger charge is -2.11. The van der Waals surface area contributed by atoms with E-state index in [4.69, 9.17) is 9.47 Å². The van der Waals surface area contributed by atoms with Crippen molar-refractivity contribution in [3.63, 3.8) is 0 Å². The minimum Gasteiger partial charge on any atom is -0.460 e. The Morgan fingerprint density at radius 3 is 2.45 bits per heavy atom. The van der Waals surface area contributed by atoms with E-state index in [0.29, 0.717) is 30.2 Å². The highest BCUT2D eigenvalue weighted by atomic mass is 19.4. The van der Waals surface area contributed by atoms with E-state index in [2.05, 4.69) is 15.4 Å². The van der Waals surface area contributed by atoms with Crippen LogP contribution >= 0.6 is 0 Å². The molecule has 5 rings (SSSR count). The van der Waals surface area contributed by atoms with E-state index in [1.807, 2.05) is 43.3 Å². The van der Waals surface area contributed by atoms with Crippen molar-refractivity contribution >= 4 is 22.4 Å². The number of ether oxygens (including phenoxy) is 2. The molecule has 0 radical (unpaired) electrons. The van der Waals surface area contributed by atoms with Gasteiger partial charge in [0.25, 0.3) is 5.91 Å². The third kappa shape index (κ3) is 5.97. The molecule has 10 heteroatoms. The van der Waals surface area contributed by atoms with Crippen molar-refractivity contribution in [2.75, 3.05) is 25.1 Å². The zero-order chi connectivity index (χ0) is 28.1. The molecule has 0 saturated carbocycles. The van der Waals surface area contributed by atoms with Gasteiger partial charge >= 0.3 is 12.2 Å². The van der Waals surface area contributed by atoms with Gasteiger partial charge in [-0.15, -0.1) is 5.10 Å². The van der Waals surface area contributed by atoms with Crippen LogP contribution in [-0.2, 0) is 10.9 Å². The predicted octanol–water partition coefficient (Wildman–Crippen LogP) is 6.77. The second-order valence-electron chi connectivity index (χ2n) is 8.78. The molecule has 0 aliphatic heterocycles. The first-order valence-corrected chi connectivity index (χ1v) is 12.6. The molecule has 204 valence electrons. The molecule has 0 saturated heterocycles. The lowest BCUT2D eigenvalue weighted by molar-refractivity contribution is -0.137. The molecule has 4 aromatic carbocycles. The second kappa shape index (κ2) is 11.6. The highest BCUT2D eigenvalue weighted by Crippen LogP contribution is 2.33. The number of anilines is 1. The number of hydrogen-bond donors (Lipinski definition) is 1. The van der Waals surface area contributed by atoms with Crippen molar-refractivity contribution < 1.29 is 27.4 Å². The SMILES string of the molecule is CCOCCOc1nc(-c2cccc(C(F)(F)F)c2)n(-c2ccc(NC(=O)c3cccc4ccccc34)cc2)n1. The number of carbonyl (C=O) groups excluding carboxylic acids is 1. The summed E-state index contributed by atoms with van der Waals surface area (Å²) >= 11 is 0. The molecule has 0 aliphatic rings. The third-order valence-corrected chi connectivity index (χ3v) is 6.10. The number of nitrogens with zero attached hydrogens (tertiary/aromatic N) is 3. The van der Waals surface area contributed by atoms with E-state index < -0.39 is 11.7 Å². The lowest BCUT2D eigenvalue weighted by atomic mass is 10.0. The van der Waals surface area contributed by atoms with Crippen LogP contribution in [0.1, 0.15) is 22.8 Å². The number of nitrogens with one attached hydrogen (secondary N) is 1. The average molecular weight is 547 g/mol. The summed E-state index contributed by atoms with van der Waals surface area (Å²) < 4.78 is 52.4.